The van der Waals surface area contributed by atoms with E-state index in [1.807, 2.05) is 0 Å². The summed E-state index contributed by atoms with van der Waals surface area (Å²) >= 11 is 0. The molecule has 0 aromatic carbocycles. The van der Waals surface area contributed by atoms with Gasteiger partial charge < -0.3 is 14.8 Å². The van der Waals surface area contributed by atoms with Gasteiger partial charge in [0.15, 0.2) is 0 Å². The van der Waals surface area contributed by atoms with E-state index in [0.717, 1.165) is 32.9 Å². The zero-order valence-electron chi connectivity index (χ0n) is 11.0. The maximum Gasteiger partial charge on any atom is 0.0630 e. The van der Waals surface area contributed by atoms with Crippen LogP contribution in [0, 0.1) is 0 Å². The average Bonchev–Trinajstić information content (AvgIpc) is 2.25. The van der Waals surface area contributed by atoms with Crippen LogP contribution in [0.25, 0.3) is 0 Å². The molecule has 16 heavy (non-hydrogen) atoms. The fourth-order valence-corrected chi connectivity index (χ4v) is 2.12. The first kappa shape index (κ1) is 13.9. The zero-order chi connectivity index (χ0) is 12.0. The summed E-state index contributed by atoms with van der Waals surface area (Å²) in [7, 11) is 1.77. The zero-order valence-corrected chi connectivity index (χ0v) is 11.0. The molecule has 1 aliphatic rings. The Hall–Kier alpha value is -0.160. The van der Waals surface area contributed by atoms with Crippen LogP contribution in [-0.4, -0.2) is 63.0 Å². The minimum absolute atomic E-state index is 0.450. The van der Waals surface area contributed by atoms with Gasteiger partial charge in [-0.3, -0.25) is 4.90 Å². The highest BCUT2D eigenvalue weighted by Gasteiger charge is 2.26. The van der Waals surface area contributed by atoms with Gasteiger partial charge in [-0.25, -0.2) is 0 Å². The number of methoxy groups -OCH3 is 1. The number of ether oxygens (including phenoxy) is 2. The standard InChI is InChI=1S/C12H26N2O2/c1-10(2)13-7-12(9-15-4)14-5-6-16-8-11(14)3/h10-13H,5-9H2,1-4H3. The lowest BCUT2D eigenvalue weighted by Gasteiger charge is -2.39. The van der Waals surface area contributed by atoms with Crippen molar-refractivity contribution in [3.8, 4) is 0 Å². The van der Waals surface area contributed by atoms with Gasteiger partial charge in [0.05, 0.1) is 19.8 Å². The molecule has 1 heterocycles. The second-order valence-electron chi connectivity index (χ2n) is 4.83. The first-order valence-corrected chi connectivity index (χ1v) is 6.21. The molecule has 1 aliphatic heterocycles. The lowest BCUT2D eigenvalue weighted by Crippen LogP contribution is -2.54. The molecule has 1 rings (SSSR count). The predicted molar refractivity (Wildman–Crippen MR) is 65.8 cm³/mol. The largest absolute Gasteiger partial charge is 0.383 e. The van der Waals surface area contributed by atoms with E-state index in [1.165, 1.54) is 0 Å². The summed E-state index contributed by atoms with van der Waals surface area (Å²) in [4.78, 5) is 2.49. The van der Waals surface area contributed by atoms with Crippen molar-refractivity contribution in [3.63, 3.8) is 0 Å². The second-order valence-corrected chi connectivity index (χ2v) is 4.83. The summed E-state index contributed by atoms with van der Waals surface area (Å²) in [6.07, 6.45) is 0. The highest BCUT2D eigenvalue weighted by Crippen LogP contribution is 2.11. The normalized spacial score (nSPS) is 24.9. The predicted octanol–water partition coefficient (Wildman–Crippen LogP) is 0.720. The van der Waals surface area contributed by atoms with Crippen LogP contribution in [0.1, 0.15) is 20.8 Å². The highest BCUT2D eigenvalue weighted by atomic mass is 16.5. The molecule has 1 fully saturated rings. The summed E-state index contributed by atoms with van der Waals surface area (Å²) in [5.41, 5.74) is 0. The van der Waals surface area contributed by atoms with Crippen LogP contribution in [0.5, 0.6) is 0 Å². The lowest BCUT2D eigenvalue weighted by atomic mass is 10.1. The van der Waals surface area contributed by atoms with E-state index in [9.17, 15) is 0 Å². The topological polar surface area (TPSA) is 33.7 Å². The van der Waals surface area contributed by atoms with Gasteiger partial charge in [0, 0.05) is 38.3 Å². The van der Waals surface area contributed by atoms with Gasteiger partial charge in [-0.15, -0.1) is 0 Å². The van der Waals surface area contributed by atoms with Crippen LogP contribution >= 0.6 is 0 Å². The van der Waals surface area contributed by atoms with Gasteiger partial charge in [-0.1, -0.05) is 13.8 Å². The number of morpholine rings is 1. The number of nitrogens with one attached hydrogen (secondary N) is 1. The van der Waals surface area contributed by atoms with Crippen LogP contribution in [0.4, 0.5) is 0 Å². The molecule has 0 aromatic heterocycles. The van der Waals surface area contributed by atoms with Gasteiger partial charge in [-0.2, -0.15) is 0 Å². The van der Waals surface area contributed by atoms with Gasteiger partial charge in [-0.05, 0) is 6.92 Å². The van der Waals surface area contributed by atoms with Crippen LogP contribution < -0.4 is 5.32 Å². The van der Waals surface area contributed by atoms with E-state index in [1.54, 1.807) is 7.11 Å². The maximum atomic E-state index is 5.46. The third-order valence-corrected chi connectivity index (χ3v) is 3.01. The van der Waals surface area contributed by atoms with E-state index in [2.05, 4.69) is 31.0 Å². The van der Waals surface area contributed by atoms with Crippen molar-refractivity contribution in [2.45, 2.75) is 38.9 Å². The highest BCUT2D eigenvalue weighted by molar-refractivity contribution is 4.81. The van der Waals surface area contributed by atoms with Crippen molar-refractivity contribution >= 4 is 0 Å². The summed E-state index contributed by atoms with van der Waals surface area (Å²) in [5.74, 6) is 0. The smallest absolute Gasteiger partial charge is 0.0630 e. The third-order valence-electron chi connectivity index (χ3n) is 3.01. The van der Waals surface area contributed by atoms with E-state index < -0.39 is 0 Å². The number of rotatable bonds is 6. The van der Waals surface area contributed by atoms with Crippen molar-refractivity contribution in [2.75, 3.05) is 40.0 Å². The Morgan fingerprint density at radius 3 is 2.81 bits per heavy atom. The van der Waals surface area contributed by atoms with Crippen molar-refractivity contribution < 1.29 is 9.47 Å². The molecule has 0 saturated carbocycles. The molecule has 0 radical (unpaired) electrons. The van der Waals surface area contributed by atoms with Crippen molar-refractivity contribution in [1.29, 1.82) is 0 Å². The molecule has 2 atom stereocenters. The molecule has 0 bridgehead atoms. The summed E-state index contributed by atoms with van der Waals surface area (Å²) in [5, 5.41) is 3.49. The molecule has 0 aromatic rings. The Bertz CT molecular complexity index is 188. The van der Waals surface area contributed by atoms with Crippen molar-refractivity contribution in [2.24, 2.45) is 0 Å². The van der Waals surface area contributed by atoms with Crippen LogP contribution in [0.15, 0.2) is 0 Å². The quantitative estimate of drug-likeness (QED) is 0.729. The average molecular weight is 230 g/mol. The molecule has 2 unspecified atom stereocenters. The SMILES string of the molecule is COCC(CNC(C)C)N1CCOCC1C. The van der Waals surface area contributed by atoms with Crippen LogP contribution in [-0.2, 0) is 9.47 Å². The molecule has 4 heteroatoms. The fraction of sp³-hybridized carbons (Fsp3) is 1.00. The molecule has 4 nitrogen and oxygen atoms in total. The van der Waals surface area contributed by atoms with Gasteiger partial charge >= 0.3 is 0 Å². The van der Waals surface area contributed by atoms with E-state index >= 15 is 0 Å². The summed E-state index contributed by atoms with van der Waals surface area (Å²) in [6, 6.07) is 1.46. The fourth-order valence-electron chi connectivity index (χ4n) is 2.12. The van der Waals surface area contributed by atoms with Crippen molar-refractivity contribution in [3.05, 3.63) is 0 Å². The first-order valence-electron chi connectivity index (χ1n) is 6.21. The molecule has 0 amide bonds. The summed E-state index contributed by atoms with van der Waals surface area (Å²) < 4.78 is 10.8. The molecular weight excluding hydrogens is 204 g/mol. The minimum atomic E-state index is 0.450. The number of hydrogen-bond acceptors (Lipinski definition) is 4. The number of nitrogens with zero attached hydrogens (tertiary/aromatic N) is 1. The molecule has 1 saturated heterocycles. The van der Waals surface area contributed by atoms with E-state index in [-0.39, 0.29) is 0 Å². The third kappa shape index (κ3) is 4.37. The van der Waals surface area contributed by atoms with E-state index in [4.69, 9.17) is 9.47 Å². The van der Waals surface area contributed by atoms with Crippen molar-refractivity contribution in [1.82, 2.24) is 10.2 Å². The Kier molecular flexibility index (Phi) is 6.28. The van der Waals surface area contributed by atoms with Gasteiger partial charge in [0.25, 0.3) is 0 Å². The second kappa shape index (κ2) is 7.22. The molecule has 96 valence electrons. The maximum absolute atomic E-state index is 5.46. The molecule has 1 N–H and O–H groups in total. The first-order chi connectivity index (χ1) is 7.65. The molecular formula is C12H26N2O2. The van der Waals surface area contributed by atoms with Gasteiger partial charge in [0.2, 0.25) is 0 Å². The lowest BCUT2D eigenvalue weighted by molar-refractivity contribution is -0.0375. The van der Waals surface area contributed by atoms with E-state index in [0.29, 0.717) is 18.1 Å². The molecule has 0 aliphatic carbocycles. The van der Waals surface area contributed by atoms with Crippen LogP contribution in [0.2, 0.25) is 0 Å². The Labute approximate surface area is 99.3 Å². The minimum Gasteiger partial charge on any atom is -0.383 e. The molecule has 0 spiro atoms. The Morgan fingerprint density at radius 1 is 1.50 bits per heavy atom. The monoisotopic (exact) mass is 230 g/mol. The van der Waals surface area contributed by atoms with Crippen LogP contribution in [0.3, 0.4) is 0 Å². The number of hydrogen-bond donors (Lipinski definition) is 1. The Morgan fingerprint density at radius 2 is 2.25 bits per heavy atom. The Balaban J connectivity index is 2.46. The van der Waals surface area contributed by atoms with Gasteiger partial charge in [0.1, 0.15) is 0 Å². The summed E-state index contributed by atoms with van der Waals surface area (Å²) in [6.45, 7) is 11.0.